The number of carbonyl (C=O) groups excluding carboxylic acids is 2. The van der Waals surface area contributed by atoms with Crippen molar-refractivity contribution in [3.63, 3.8) is 0 Å². The van der Waals surface area contributed by atoms with Gasteiger partial charge in [0.25, 0.3) is 5.91 Å². The molecule has 2 rings (SSSR count). The SMILES string of the molecule is CCNC(=O)[C@@H]1CCCN(C(=O)c2ccc(S(=O)(=O)C(C)C)cc2)C1. The Morgan fingerprint density at radius 2 is 1.88 bits per heavy atom. The van der Waals surface area contributed by atoms with Gasteiger partial charge < -0.3 is 10.2 Å². The second-order valence-electron chi connectivity index (χ2n) is 6.60. The molecule has 0 radical (unpaired) electrons. The largest absolute Gasteiger partial charge is 0.356 e. The van der Waals surface area contributed by atoms with Gasteiger partial charge in [-0.25, -0.2) is 8.42 Å². The molecular weight excluding hydrogens is 340 g/mol. The third kappa shape index (κ3) is 4.39. The number of nitrogens with one attached hydrogen (secondary N) is 1. The number of rotatable bonds is 5. The summed E-state index contributed by atoms with van der Waals surface area (Å²) in [7, 11) is -3.35. The lowest BCUT2D eigenvalue weighted by Crippen LogP contribution is -2.45. The summed E-state index contributed by atoms with van der Waals surface area (Å²) in [6.07, 6.45) is 1.56. The van der Waals surface area contributed by atoms with Gasteiger partial charge in [0.15, 0.2) is 9.84 Å². The highest BCUT2D eigenvalue weighted by molar-refractivity contribution is 7.92. The smallest absolute Gasteiger partial charge is 0.253 e. The maximum atomic E-state index is 12.7. The molecule has 1 aliphatic rings. The number of likely N-dealkylation sites (tertiary alicyclic amines) is 1. The Bertz CT molecular complexity index is 726. The zero-order valence-electron chi connectivity index (χ0n) is 15.0. The molecule has 0 unspecified atom stereocenters. The average Bonchev–Trinajstić information content (AvgIpc) is 2.61. The van der Waals surface area contributed by atoms with Crippen molar-refractivity contribution in [1.82, 2.24) is 10.2 Å². The van der Waals surface area contributed by atoms with E-state index in [1.165, 1.54) is 12.1 Å². The molecule has 0 saturated carbocycles. The summed E-state index contributed by atoms with van der Waals surface area (Å²) >= 11 is 0. The molecule has 138 valence electrons. The van der Waals surface area contributed by atoms with Gasteiger partial charge in [0.1, 0.15) is 0 Å². The molecule has 1 heterocycles. The fourth-order valence-corrected chi connectivity index (χ4v) is 4.00. The predicted octanol–water partition coefficient (Wildman–Crippen LogP) is 1.86. The maximum absolute atomic E-state index is 12.7. The second-order valence-corrected chi connectivity index (χ2v) is 9.11. The van der Waals surface area contributed by atoms with Crippen LogP contribution in [-0.2, 0) is 14.6 Å². The summed E-state index contributed by atoms with van der Waals surface area (Å²) in [5, 5.41) is 2.30. The minimum absolute atomic E-state index is 0.0154. The van der Waals surface area contributed by atoms with Crippen LogP contribution in [0, 0.1) is 5.92 Å². The lowest BCUT2D eigenvalue weighted by molar-refractivity contribution is -0.126. The summed E-state index contributed by atoms with van der Waals surface area (Å²) < 4.78 is 24.3. The van der Waals surface area contributed by atoms with Crippen molar-refractivity contribution in [3.8, 4) is 0 Å². The molecule has 1 saturated heterocycles. The molecule has 7 heteroatoms. The first-order valence-electron chi connectivity index (χ1n) is 8.68. The van der Waals surface area contributed by atoms with Crippen LogP contribution in [0.2, 0.25) is 0 Å². The van der Waals surface area contributed by atoms with Gasteiger partial charge in [0.05, 0.1) is 16.1 Å². The van der Waals surface area contributed by atoms with E-state index in [9.17, 15) is 18.0 Å². The Hall–Kier alpha value is -1.89. The van der Waals surface area contributed by atoms with Gasteiger partial charge in [-0.05, 0) is 57.9 Å². The lowest BCUT2D eigenvalue weighted by atomic mass is 9.96. The van der Waals surface area contributed by atoms with Crippen molar-refractivity contribution in [3.05, 3.63) is 29.8 Å². The summed E-state index contributed by atoms with van der Waals surface area (Å²) in [5.41, 5.74) is 0.444. The first-order valence-corrected chi connectivity index (χ1v) is 10.2. The van der Waals surface area contributed by atoms with E-state index in [2.05, 4.69) is 5.32 Å². The Morgan fingerprint density at radius 3 is 2.44 bits per heavy atom. The molecule has 0 aromatic heterocycles. The van der Waals surface area contributed by atoms with E-state index in [4.69, 9.17) is 0 Å². The van der Waals surface area contributed by atoms with Crippen LogP contribution >= 0.6 is 0 Å². The number of nitrogens with zero attached hydrogens (tertiary/aromatic N) is 1. The fraction of sp³-hybridized carbons (Fsp3) is 0.556. The molecule has 0 aliphatic carbocycles. The highest BCUT2D eigenvalue weighted by Crippen LogP contribution is 2.21. The molecule has 1 N–H and O–H groups in total. The van der Waals surface area contributed by atoms with Crippen molar-refractivity contribution in [1.29, 1.82) is 0 Å². The van der Waals surface area contributed by atoms with Crippen LogP contribution in [0.15, 0.2) is 29.2 Å². The predicted molar refractivity (Wildman–Crippen MR) is 96.1 cm³/mol. The molecule has 1 atom stereocenters. The van der Waals surface area contributed by atoms with Gasteiger partial charge in [-0.15, -0.1) is 0 Å². The van der Waals surface area contributed by atoms with Crippen molar-refractivity contribution < 1.29 is 18.0 Å². The Balaban J connectivity index is 2.11. The maximum Gasteiger partial charge on any atom is 0.253 e. The Labute approximate surface area is 149 Å². The van der Waals surface area contributed by atoms with E-state index in [0.717, 1.165) is 12.8 Å². The van der Waals surface area contributed by atoms with Crippen LogP contribution < -0.4 is 5.32 Å². The minimum atomic E-state index is -3.35. The number of hydrogen-bond donors (Lipinski definition) is 1. The van der Waals surface area contributed by atoms with Crippen LogP contribution in [0.3, 0.4) is 0 Å². The van der Waals surface area contributed by atoms with Gasteiger partial charge in [0, 0.05) is 25.2 Å². The van der Waals surface area contributed by atoms with Crippen molar-refractivity contribution in [2.45, 2.75) is 43.8 Å². The fourth-order valence-electron chi connectivity index (χ4n) is 2.94. The summed E-state index contributed by atoms with van der Waals surface area (Å²) in [6, 6.07) is 6.06. The average molecular weight is 366 g/mol. The van der Waals surface area contributed by atoms with Crippen molar-refractivity contribution in [2.75, 3.05) is 19.6 Å². The van der Waals surface area contributed by atoms with E-state index in [1.807, 2.05) is 6.92 Å². The van der Waals surface area contributed by atoms with Crippen molar-refractivity contribution in [2.24, 2.45) is 5.92 Å². The number of carbonyl (C=O) groups is 2. The standard InChI is InChI=1S/C18H26N2O4S/c1-4-19-17(21)15-6-5-11-20(12-15)18(22)14-7-9-16(10-8-14)25(23,24)13(2)3/h7-10,13,15H,4-6,11-12H2,1-3H3,(H,19,21)/t15-/m1/s1. The Kier molecular flexibility index (Phi) is 6.21. The summed E-state index contributed by atoms with van der Waals surface area (Å²) in [6.45, 7) is 6.72. The number of hydrogen-bond acceptors (Lipinski definition) is 4. The van der Waals surface area contributed by atoms with Crippen LogP contribution in [0.25, 0.3) is 0 Å². The van der Waals surface area contributed by atoms with Gasteiger partial charge in [-0.1, -0.05) is 0 Å². The third-order valence-corrected chi connectivity index (χ3v) is 6.65. The number of amides is 2. The summed E-state index contributed by atoms with van der Waals surface area (Å²) in [5.74, 6) is -0.362. The van der Waals surface area contributed by atoms with Gasteiger partial charge >= 0.3 is 0 Å². The molecule has 6 nitrogen and oxygen atoms in total. The number of sulfone groups is 1. The van der Waals surface area contributed by atoms with E-state index in [0.29, 0.717) is 25.2 Å². The topological polar surface area (TPSA) is 83.6 Å². The van der Waals surface area contributed by atoms with Crippen LogP contribution in [-0.4, -0.2) is 50.0 Å². The number of benzene rings is 1. The third-order valence-electron chi connectivity index (χ3n) is 4.48. The Morgan fingerprint density at radius 1 is 1.24 bits per heavy atom. The monoisotopic (exact) mass is 366 g/mol. The second kappa shape index (κ2) is 7.99. The minimum Gasteiger partial charge on any atom is -0.356 e. The van der Waals surface area contributed by atoms with Crippen LogP contribution in [0.1, 0.15) is 44.0 Å². The van der Waals surface area contributed by atoms with Gasteiger partial charge in [0.2, 0.25) is 5.91 Å². The molecule has 2 amide bonds. The normalized spacial score (nSPS) is 18.2. The molecular formula is C18H26N2O4S. The lowest BCUT2D eigenvalue weighted by Gasteiger charge is -2.32. The molecule has 1 aliphatic heterocycles. The van der Waals surface area contributed by atoms with E-state index in [1.54, 1.807) is 30.9 Å². The molecule has 1 fully saturated rings. The number of piperidine rings is 1. The zero-order chi connectivity index (χ0) is 18.6. The first kappa shape index (κ1) is 19.4. The van der Waals surface area contributed by atoms with E-state index >= 15 is 0 Å². The molecule has 25 heavy (non-hydrogen) atoms. The van der Waals surface area contributed by atoms with Gasteiger partial charge in [-0.2, -0.15) is 0 Å². The first-order chi connectivity index (χ1) is 11.8. The molecule has 0 spiro atoms. The highest BCUT2D eigenvalue weighted by atomic mass is 32.2. The van der Waals surface area contributed by atoms with E-state index < -0.39 is 15.1 Å². The molecule has 0 bridgehead atoms. The van der Waals surface area contributed by atoms with Crippen molar-refractivity contribution >= 4 is 21.7 Å². The quantitative estimate of drug-likeness (QED) is 0.862. The highest BCUT2D eigenvalue weighted by Gasteiger charge is 2.29. The van der Waals surface area contributed by atoms with E-state index in [-0.39, 0.29) is 22.6 Å². The molecule has 1 aromatic rings. The summed E-state index contributed by atoms with van der Waals surface area (Å²) in [4.78, 5) is 26.6. The van der Waals surface area contributed by atoms with Gasteiger partial charge in [-0.3, -0.25) is 9.59 Å². The van der Waals surface area contributed by atoms with Crippen LogP contribution in [0.4, 0.5) is 0 Å². The molecule has 1 aromatic carbocycles. The zero-order valence-corrected chi connectivity index (χ0v) is 15.8. The van der Waals surface area contributed by atoms with Crippen LogP contribution in [0.5, 0.6) is 0 Å².